The first-order valence-electron chi connectivity index (χ1n) is 6.74. The fourth-order valence-electron chi connectivity index (χ4n) is 1.51. The maximum absolute atomic E-state index is 6.02. The zero-order valence-electron chi connectivity index (χ0n) is 12.7. The van der Waals surface area contributed by atoms with Crippen molar-refractivity contribution in [2.75, 3.05) is 45.2 Å². The molecule has 0 radical (unpaired) electrons. The summed E-state index contributed by atoms with van der Waals surface area (Å²) in [4.78, 5) is 8.23. The molecule has 126 valence electrons. The van der Waals surface area contributed by atoms with Gasteiger partial charge >= 0.3 is 0 Å². The van der Waals surface area contributed by atoms with E-state index in [-0.39, 0.29) is 24.0 Å². The average Bonchev–Trinajstić information content (AvgIpc) is 2.47. The summed E-state index contributed by atoms with van der Waals surface area (Å²) in [6.45, 7) is 5.38. The Morgan fingerprint density at radius 1 is 1.27 bits per heavy atom. The molecule has 1 aromatic heterocycles. The van der Waals surface area contributed by atoms with Gasteiger partial charge in [-0.15, -0.1) is 24.0 Å². The topological polar surface area (TPSA) is 70.6 Å². The van der Waals surface area contributed by atoms with Gasteiger partial charge in [0, 0.05) is 39.5 Å². The number of aliphatic imine (C=N–C) groups is 1. The van der Waals surface area contributed by atoms with Crippen LogP contribution in [0.15, 0.2) is 17.3 Å². The standard InChI is InChI=1S/C13H21Cl2N5O.HI/c1-3-21-7-6-19-13(16-2)18-5-4-17-12-11(15)8-10(14)9-20-12;/h8-9H,3-7H2,1-2H3,(H,17,20)(H2,16,18,19);1H. The van der Waals surface area contributed by atoms with Gasteiger partial charge in [0.1, 0.15) is 5.82 Å². The molecule has 0 bridgehead atoms. The van der Waals surface area contributed by atoms with Crippen LogP contribution in [0.1, 0.15) is 6.92 Å². The number of nitrogens with one attached hydrogen (secondary N) is 3. The van der Waals surface area contributed by atoms with Gasteiger partial charge in [-0.3, -0.25) is 4.99 Å². The van der Waals surface area contributed by atoms with Gasteiger partial charge in [-0.25, -0.2) is 4.98 Å². The summed E-state index contributed by atoms with van der Waals surface area (Å²) >= 11 is 11.8. The number of pyridine rings is 1. The molecule has 0 saturated heterocycles. The first-order chi connectivity index (χ1) is 10.2. The highest BCUT2D eigenvalue weighted by molar-refractivity contribution is 14.0. The molecule has 1 aromatic rings. The molecule has 0 aliphatic carbocycles. The van der Waals surface area contributed by atoms with Crippen LogP contribution in [-0.4, -0.2) is 50.8 Å². The van der Waals surface area contributed by atoms with Crippen molar-refractivity contribution in [3.63, 3.8) is 0 Å². The van der Waals surface area contributed by atoms with Gasteiger partial charge in [0.25, 0.3) is 0 Å². The van der Waals surface area contributed by atoms with E-state index in [0.29, 0.717) is 48.7 Å². The van der Waals surface area contributed by atoms with Gasteiger partial charge in [0.2, 0.25) is 0 Å². The summed E-state index contributed by atoms with van der Waals surface area (Å²) in [7, 11) is 1.72. The van der Waals surface area contributed by atoms with Crippen LogP contribution >= 0.6 is 47.2 Å². The molecule has 0 spiro atoms. The molecule has 9 heteroatoms. The van der Waals surface area contributed by atoms with Crippen molar-refractivity contribution in [1.82, 2.24) is 15.6 Å². The van der Waals surface area contributed by atoms with Gasteiger partial charge in [0.05, 0.1) is 16.7 Å². The molecule has 0 amide bonds. The molecular formula is C13H22Cl2IN5O. The van der Waals surface area contributed by atoms with E-state index in [1.54, 1.807) is 19.3 Å². The Labute approximate surface area is 158 Å². The highest BCUT2D eigenvalue weighted by Crippen LogP contribution is 2.21. The minimum Gasteiger partial charge on any atom is -0.380 e. The fourth-order valence-corrected chi connectivity index (χ4v) is 1.96. The van der Waals surface area contributed by atoms with Crippen molar-refractivity contribution in [1.29, 1.82) is 0 Å². The maximum Gasteiger partial charge on any atom is 0.191 e. The first-order valence-corrected chi connectivity index (χ1v) is 7.50. The second-order valence-corrected chi connectivity index (χ2v) is 4.88. The molecule has 0 saturated carbocycles. The summed E-state index contributed by atoms with van der Waals surface area (Å²) in [5.74, 6) is 1.34. The van der Waals surface area contributed by atoms with E-state index in [9.17, 15) is 0 Å². The monoisotopic (exact) mass is 461 g/mol. The minimum absolute atomic E-state index is 0. The highest BCUT2D eigenvalue weighted by atomic mass is 127. The van der Waals surface area contributed by atoms with Crippen LogP contribution in [0.25, 0.3) is 0 Å². The Morgan fingerprint density at radius 3 is 2.64 bits per heavy atom. The van der Waals surface area contributed by atoms with Gasteiger partial charge in [-0.2, -0.15) is 0 Å². The summed E-state index contributed by atoms with van der Waals surface area (Å²) in [5, 5.41) is 10.5. The molecule has 6 nitrogen and oxygen atoms in total. The molecule has 3 N–H and O–H groups in total. The lowest BCUT2D eigenvalue weighted by atomic mass is 10.4. The van der Waals surface area contributed by atoms with Gasteiger partial charge in [-0.05, 0) is 13.0 Å². The quantitative estimate of drug-likeness (QED) is 0.240. The molecule has 0 aliphatic heterocycles. The predicted octanol–water partition coefficient (Wildman–Crippen LogP) is 2.62. The minimum atomic E-state index is 0. The molecule has 0 unspecified atom stereocenters. The molecule has 0 aromatic carbocycles. The number of guanidine groups is 1. The summed E-state index contributed by atoms with van der Waals surface area (Å²) in [6, 6.07) is 1.65. The molecule has 1 heterocycles. The van der Waals surface area contributed by atoms with Crippen LogP contribution in [0.4, 0.5) is 5.82 Å². The third-order valence-corrected chi connectivity index (χ3v) is 2.98. The van der Waals surface area contributed by atoms with Crippen LogP contribution < -0.4 is 16.0 Å². The van der Waals surface area contributed by atoms with Gasteiger partial charge in [0.15, 0.2) is 5.96 Å². The fraction of sp³-hybridized carbons (Fsp3) is 0.538. The normalized spacial score (nSPS) is 10.8. The van der Waals surface area contributed by atoms with E-state index in [2.05, 4.69) is 25.9 Å². The number of hydrogen-bond donors (Lipinski definition) is 3. The molecule has 22 heavy (non-hydrogen) atoms. The van der Waals surface area contributed by atoms with Crippen LogP contribution in [-0.2, 0) is 4.74 Å². The number of aromatic nitrogens is 1. The number of anilines is 1. The number of nitrogens with zero attached hydrogens (tertiary/aromatic N) is 2. The second-order valence-electron chi connectivity index (χ2n) is 4.03. The average molecular weight is 462 g/mol. The van der Waals surface area contributed by atoms with E-state index in [1.807, 2.05) is 6.92 Å². The van der Waals surface area contributed by atoms with Crippen LogP contribution in [0.5, 0.6) is 0 Å². The summed E-state index contributed by atoms with van der Waals surface area (Å²) in [5.41, 5.74) is 0. The molecule has 1 rings (SSSR count). The Bertz CT molecular complexity index is 462. The van der Waals surface area contributed by atoms with Crippen LogP contribution in [0, 0.1) is 0 Å². The van der Waals surface area contributed by atoms with Crippen molar-refractivity contribution in [2.45, 2.75) is 6.92 Å². The number of halogens is 3. The van der Waals surface area contributed by atoms with Gasteiger partial charge in [-0.1, -0.05) is 23.2 Å². The van der Waals surface area contributed by atoms with E-state index >= 15 is 0 Å². The van der Waals surface area contributed by atoms with E-state index in [4.69, 9.17) is 27.9 Å². The second kappa shape index (κ2) is 13.0. The molecule has 0 fully saturated rings. The first kappa shape index (κ1) is 21.5. The zero-order chi connectivity index (χ0) is 15.5. The Balaban J connectivity index is 0.00000441. The van der Waals surface area contributed by atoms with Crippen LogP contribution in [0.2, 0.25) is 10.0 Å². The largest absolute Gasteiger partial charge is 0.380 e. The van der Waals surface area contributed by atoms with Crippen LogP contribution in [0.3, 0.4) is 0 Å². The van der Waals surface area contributed by atoms with Gasteiger partial charge < -0.3 is 20.7 Å². The lowest BCUT2D eigenvalue weighted by Crippen LogP contribution is -2.40. The Kier molecular flexibility index (Phi) is 12.7. The smallest absolute Gasteiger partial charge is 0.191 e. The summed E-state index contributed by atoms with van der Waals surface area (Å²) in [6.07, 6.45) is 1.55. The zero-order valence-corrected chi connectivity index (χ0v) is 16.5. The predicted molar refractivity (Wildman–Crippen MR) is 104 cm³/mol. The molecule has 0 aliphatic rings. The molecular weight excluding hydrogens is 440 g/mol. The number of rotatable bonds is 8. The van der Waals surface area contributed by atoms with Crippen molar-refractivity contribution >= 4 is 59.0 Å². The maximum atomic E-state index is 6.02. The number of ether oxygens (including phenoxy) is 1. The Hall–Kier alpha value is -0.510. The van der Waals surface area contributed by atoms with E-state index in [0.717, 1.165) is 5.96 Å². The Morgan fingerprint density at radius 2 is 2.00 bits per heavy atom. The molecule has 0 atom stereocenters. The van der Waals surface area contributed by atoms with Crippen molar-refractivity contribution in [3.8, 4) is 0 Å². The van der Waals surface area contributed by atoms with Crippen molar-refractivity contribution in [3.05, 3.63) is 22.3 Å². The van der Waals surface area contributed by atoms with E-state index < -0.39 is 0 Å². The van der Waals surface area contributed by atoms with E-state index in [1.165, 1.54) is 0 Å². The van der Waals surface area contributed by atoms with Crippen molar-refractivity contribution in [2.24, 2.45) is 4.99 Å². The SMILES string of the molecule is CCOCCNC(=NC)NCCNc1ncc(Cl)cc1Cl.I. The number of hydrogen-bond acceptors (Lipinski definition) is 4. The summed E-state index contributed by atoms with van der Waals surface area (Å²) < 4.78 is 5.24. The van der Waals surface area contributed by atoms with Crippen molar-refractivity contribution < 1.29 is 4.74 Å². The highest BCUT2D eigenvalue weighted by Gasteiger charge is 2.02. The lowest BCUT2D eigenvalue weighted by molar-refractivity contribution is 0.152. The lowest BCUT2D eigenvalue weighted by Gasteiger charge is -2.12. The third kappa shape index (κ3) is 8.82. The third-order valence-electron chi connectivity index (χ3n) is 2.48.